The number of para-hydroxylation sites is 1. The molecule has 1 heterocycles. The fourth-order valence-electron chi connectivity index (χ4n) is 2.44. The molecule has 0 aliphatic carbocycles. The van der Waals surface area contributed by atoms with Gasteiger partial charge in [0.15, 0.2) is 0 Å². The van der Waals surface area contributed by atoms with Crippen LogP contribution in [0, 0.1) is 20.8 Å². The Kier molecular flexibility index (Phi) is 4.14. The third-order valence-electron chi connectivity index (χ3n) is 3.44. The maximum absolute atomic E-state index is 5.80. The molecule has 1 aromatic carbocycles. The number of anilines is 1. The zero-order valence-corrected chi connectivity index (χ0v) is 13.1. The molecule has 2 aromatic rings. The van der Waals surface area contributed by atoms with Gasteiger partial charge < -0.3 is 15.5 Å². The van der Waals surface area contributed by atoms with Crippen LogP contribution in [0.1, 0.15) is 41.2 Å². The minimum Gasteiger partial charge on any atom is -0.466 e. The number of nitrogens with two attached hydrogens (primary N) is 1. The van der Waals surface area contributed by atoms with Gasteiger partial charge in [-0.05, 0) is 45.4 Å². The average Bonchev–Trinajstić information content (AvgIpc) is 2.70. The molecule has 0 aliphatic rings. The molecule has 0 fully saturated rings. The Labute approximate surface area is 125 Å². The number of aryl methyl sites for hydroxylation is 3. The third-order valence-corrected chi connectivity index (χ3v) is 3.66. The molecule has 0 radical (unpaired) electrons. The smallest absolute Gasteiger partial charge is 0.106 e. The van der Waals surface area contributed by atoms with E-state index in [4.69, 9.17) is 22.4 Å². The van der Waals surface area contributed by atoms with E-state index in [0.29, 0.717) is 4.99 Å². The monoisotopic (exact) mass is 288 g/mol. The van der Waals surface area contributed by atoms with Crippen molar-refractivity contribution in [2.75, 3.05) is 5.32 Å². The Morgan fingerprint density at radius 2 is 2.00 bits per heavy atom. The molecule has 0 bridgehead atoms. The van der Waals surface area contributed by atoms with Gasteiger partial charge in [-0.2, -0.15) is 0 Å². The Hall–Kier alpha value is -1.81. The molecule has 0 amide bonds. The highest BCUT2D eigenvalue weighted by Gasteiger charge is 2.15. The van der Waals surface area contributed by atoms with Crippen LogP contribution >= 0.6 is 12.2 Å². The number of furan rings is 1. The van der Waals surface area contributed by atoms with E-state index in [9.17, 15) is 0 Å². The average molecular weight is 288 g/mol. The first-order chi connectivity index (χ1) is 9.40. The molecule has 3 N–H and O–H groups in total. The van der Waals surface area contributed by atoms with Gasteiger partial charge in [0, 0.05) is 16.8 Å². The molecule has 0 aliphatic heterocycles. The van der Waals surface area contributed by atoms with Crippen molar-refractivity contribution in [2.45, 2.75) is 33.7 Å². The van der Waals surface area contributed by atoms with Crippen LogP contribution in [-0.4, -0.2) is 4.99 Å². The van der Waals surface area contributed by atoms with Crippen molar-refractivity contribution in [3.8, 4) is 0 Å². The Morgan fingerprint density at radius 1 is 1.30 bits per heavy atom. The van der Waals surface area contributed by atoms with Crippen LogP contribution in [0.15, 0.2) is 28.7 Å². The Balaban J connectivity index is 2.35. The lowest BCUT2D eigenvalue weighted by atomic mass is 10.0. The van der Waals surface area contributed by atoms with Crippen molar-refractivity contribution in [3.63, 3.8) is 0 Å². The zero-order chi connectivity index (χ0) is 14.9. The zero-order valence-electron chi connectivity index (χ0n) is 12.3. The second-order valence-corrected chi connectivity index (χ2v) is 5.54. The first-order valence-electron chi connectivity index (χ1n) is 6.63. The van der Waals surface area contributed by atoms with Crippen molar-refractivity contribution < 1.29 is 4.42 Å². The molecule has 106 valence electrons. The molecule has 1 unspecified atom stereocenters. The normalized spacial score (nSPS) is 12.2. The van der Waals surface area contributed by atoms with Crippen molar-refractivity contribution in [1.82, 2.24) is 0 Å². The van der Waals surface area contributed by atoms with E-state index in [1.165, 1.54) is 0 Å². The molecule has 1 aromatic heterocycles. The fourth-order valence-corrected chi connectivity index (χ4v) is 2.61. The van der Waals surface area contributed by atoms with Gasteiger partial charge in [-0.15, -0.1) is 0 Å². The van der Waals surface area contributed by atoms with Crippen LogP contribution in [-0.2, 0) is 0 Å². The maximum atomic E-state index is 5.80. The molecule has 4 heteroatoms. The topological polar surface area (TPSA) is 51.2 Å². The van der Waals surface area contributed by atoms with Gasteiger partial charge in [0.2, 0.25) is 0 Å². The Morgan fingerprint density at radius 3 is 2.55 bits per heavy atom. The highest BCUT2D eigenvalue weighted by Crippen LogP contribution is 2.28. The largest absolute Gasteiger partial charge is 0.466 e. The summed E-state index contributed by atoms with van der Waals surface area (Å²) in [7, 11) is 0. The van der Waals surface area contributed by atoms with Crippen LogP contribution in [0.25, 0.3) is 0 Å². The second kappa shape index (κ2) is 5.67. The number of thiocarbonyl (C=S) groups is 1. The summed E-state index contributed by atoms with van der Waals surface area (Å²) in [5.41, 5.74) is 9.95. The molecule has 0 spiro atoms. The van der Waals surface area contributed by atoms with E-state index in [0.717, 1.165) is 33.9 Å². The van der Waals surface area contributed by atoms with Gasteiger partial charge in [0.05, 0.1) is 6.04 Å². The summed E-state index contributed by atoms with van der Waals surface area (Å²) < 4.78 is 5.59. The predicted molar refractivity (Wildman–Crippen MR) is 87.3 cm³/mol. The first-order valence-corrected chi connectivity index (χ1v) is 7.04. The first kappa shape index (κ1) is 14.6. The Bertz CT molecular complexity index is 646. The minimum atomic E-state index is 0.127. The van der Waals surface area contributed by atoms with Gasteiger partial charge in [-0.3, -0.25) is 0 Å². The van der Waals surface area contributed by atoms with Crippen molar-refractivity contribution >= 4 is 22.9 Å². The lowest BCUT2D eigenvalue weighted by molar-refractivity contribution is 0.500. The second-order valence-electron chi connectivity index (χ2n) is 5.10. The summed E-state index contributed by atoms with van der Waals surface area (Å²) in [6, 6.07) is 8.14. The SMILES string of the molecule is Cc1cc(C(C)Nc2c(C)cccc2C(N)=S)c(C)o1. The molecular formula is C16H20N2OS. The number of benzene rings is 1. The lowest BCUT2D eigenvalue weighted by Gasteiger charge is -2.19. The summed E-state index contributed by atoms with van der Waals surface area (Å²) in [4.78, 5) is 0.406. The van der Waals surface area contributed by atoms with Crippen LogP contribution in [0.3, 0.4) is 0 Å². The number of hydrogen-bond acceptors (Lipinski definition) is 3. The van der Waals surface area contributed by atoms with Crippen molar-refractivity contribution in [1.29, 1.82) is 0 Å². The maximum Gasteiger partial charge on any atom is 0.106 e. The van der Waals surface area contributed by atoms with E-state index in [-0.39, 0.29) is 6.04 Å². The minimum absolute atomic E-state index is 0.127. The van der Waals surface area contributed by atoms with E-state index >= 15 is 0 Å². The summed E-state index contributed by atoms with van der Waals surface area (Å²) in [6.07, 6.45) is 0. The molecule has 3 nitrogen and oxygen atoms in total. The predicted octanol–water partition coefficient (Wildman–Crippen LogP) is 4.01. The van der Waals surface area contributed by atoms with Crippen LogP contribution in [0.4, 0.5) is 5.69 Å². The summed E-state index contributed by atoms with van der Waals surface area (Å²) >= 11 is 5.13. The molecule has 0 saturated carbocycles. The van der Waals surface area contributed by atoms with Crippen molar-refractivity contribution in [3.05, 3.63) is 52.5 Å². The number of nitrogens with one attached hydrogen (secondary N) is 1. The third kappa shape index (κ3) is 2.85. The molecule has 1 atom stereocenters. The van der Waals surface area contributed by atoms with E-state index < -0.39 is 0 Å². The van der Waals surface area contributed by atoms with Gasteiger partial charge in [0.25, 0.3) is 0 Å². The summed E-state index contributed by atoms with van der Waals surface area (Å²) in [5, 5.41) is 3.50. The highest BCUT2D eigenvalue weighted by molar-refractivity contribution is 7.80. The highest BCUT2D eigenvalue weighted by atomic mass is 32.1. The van der Waals surface area contributed by atoms with E-state index in [1.54, 1.807) is 0 Å². The van der Waals surface area contributed by atoms with E-state index in [1.807, 2.05) is 39.0 Å². The van der Waals surface area contributed by atoms with Crippen LogP contribution in [0.5, 0.6) is 0 Å². The molecule has 2 rings (SSSR count). The standard InChI is InChI=1S/C16H20N2OS/c1-9-6-5-7-13(16(17)20)15(9)18-11(3)14-8-10(2)19-12(14)4/h5-8,11,18H,1-4H3,(H2,17,20). The van der Waals surface area contributed by atoms with Crippen LogP contribution in [0.2, 0.25) is 0 Å². The summed E-state index contributed by atoms with van der Waals surface area (Å²) in [6.45, 7) is 8.08. The number of rotatable bonds is 4. The van der Waals surface area contributed by atoms with Gasteiger partial charge in [-0.1, -0.05) is 24.4 Å². The molecule has 0 saturated heterocycles. The lowest BCUT2D eigenvalue weighted by Crippen LogP contribution is -2.16. The summed E-state index contributed by atoms with van der Waals surface area (Å²) in [5.74, 6) is 1.86. The van der Waals surface area contributed by atoms with Gasteiger partial charge >= 0.3 is 0 Å². The number of hydrogen-bond donors (Lipinski definition) is 2. The quantitative estimate of drug-likeness (QED) is 0.835. The molecule has 20 heavy (non-hydrogen) atoms. The molecular weight excluding hydrogens is 268 g/mol. The van der Waals surface area contributed by atoms with E-state index in [2.05, 4.69) is 18.3 Å². The van der Waals surface area contributed by atoms with Gasteiger partial charge in [-0.25, -0.2) is 0 Å². The van der Waals surface area contributed by atoms with Gasteiger partial charge in [0.1, 0.15) is 16.5 Å². The van der Waals surface area contributed by atoms with Crippen LogP contribution < -0.4 is 11.1 Å². The van der Waals surface area contributed by atoms with Crippen molar-refractivity contribution in [2.24, 2.45) is 5.73 Å². The fraction of sp³-hybridized carbons (Fsp3) is 0.312.